The van der Waals surface area contributed by atoms with Crippen LogP contribution in [0.1, 0.15) is 66.7 Å². The van der Waals surface area contributed by atoms with Crippen LogP contribution in [0.15, 0.2) is 77.2 Å². The van der Waals surface area contributed by atoms with Crippen molar-refractivity contribution < 1.29 is 14.0 Å². The zero-order valence-corrected chi connectivity index (χ0v) is 20.7. The third kappa shape index (κ3) is 3.43. The third-order valence-corrected chi connectivity index (χ3v) is 7.60. The van der Waals surface area contributed by atoms with Gasteiger partial charge in [0.2, 0.25) is 0 Å². The van der Waals surface area contributed by atoms with E-state index >= 15 is 0 Å². The first-order valence-electron chi connectivity index (χ1n) is 13.0. The lowest BCUT2D eigenvalue weighted by Gasteiger charge is -2.34. The van der Waals surface area contributed by atoms with Gasteiger partial charge >= 0.3 is 0 Å². The van der Waals surface area contributed by atoms with Crippen LogP contribution in [0.5, 0.6) is 0 Å². The van der Waals surface area contributed by atoms with E-state index in [4.69, 9.17) is 4.42 Å². The molecule has 0 radical (unpaired) electrons. The van der Waals surface area contributed by atoms with Crippen LogP contribution in [-0.2, 0) is 0 Å². The molecule has 4 heteroatoms. The second-order valence-corrected chi connectivity index (χ2v) is 9.74. The number of rotatable bonds is 7. The number of para-hydroxylation sites is 1. The van der Waals surface area contributed by atoms with E-state index in [-0.39, 0.29) is 17.9 Å². The molecule has 2 heterocycles. The molecule has 6 rings (SSSR count). The maximum Gasteiger partial charge on any atom is 0.261 e. The van der Waals surface area contributed by atoms with Gasteiger partial charge in [-0.15, -0.1) is 0 Å². The number of carbonyl (C=O) groups is 2. The van der Waals surface area contributed by atoms with Gasteiger partial charge in [0.05, 0.1) is 0 Å². The smallest absolute Gasteiger partial charge is 0.261 e. The Bertz CT molecular complexity index is 1620. The molecule has 1 atom stereocenters. The van der Waals surface area contributed by atoms with Crippen LogP contribution in [0.2, 0.25) is 0 Å². The van der Waals surface area contributed by atoms with E-state index < -0.39 is 0 Å². The van der Waals surface area contributed by atoms with Crippen molar-refractivity contribution in [1.29, 1.82) is 0 Å². The predicted molar refractivity (Wildman–Crippen MR) is 145 cm³/mol. The number of benzene rings is 4. The van der Waals surface area contributed by atoms with Gasteiger partial charge in [0, 0.05) is 33.3 Å². The lowest BCUT2D eigenvalue weighted by atomic mass is 9.87. The number of unbranched alkanes of at least 4 members (excludes halogenated alkanes) is 2. The number of imide groups is 1. The van der Waals surface area contributed by atoms with Crippen LogP contribution in [0.25, 0.3) is 43.8 Å². The highest BCUT2D eigenvalue weighted by Crippen LogP contribution is 2.39. The molecule has 1 aliphatic rings. The number of nitrogens with zero attached hydrogens (tertiary/aromatic N) is 1. The molecule has 0 saturated carbocycles. The normalized spacial score (nSPS) is 14.3. The highest BCUT2D eigenvalue weighted by atomic mass is 16.3. The molecule has 0 N–H and O–H groups in total. The van der Waals surface area contributed by atoms with Crippen LogP contribution in [0, 0.1) is 0 Å². The van der Waals surface area contributed by atoms with Gasteiger partial charge < -0.3 is 4.42 Å². The topological polar surface area (TPSA) is 50.5 Å². The molecular formula is C32H29NO3. The summed E-state index contributed by atoms with van der Waals surface area (Å²) >= 11 is 0. The lowest BCUT2D eigenvalue weighted by molar-refractivity contribution is 0.0524. The maximum atomic E-state index is 13.7. The Hall–Kier alpha value is -3.92. The maximum absolute atomic E-state index is 13.7. The molecule has 0 spiro atoms. The molecule has 4 nitrogen and oxygen atoms in total. The number of hydrogen-bond acceptors (Lipinski definition) is 3. The monoisotopic (exact) mass is 475 g/mol. The minimum absolute atomic E-state index is 0.0728. The summed E-state index contributed by atoms with van der Waals surface area (Å²) in [4.78, 5) is 28.9. The summed E-state index contributed by atoms with van der Waals surface area (Å²) in [5.74, 6) is -0.343. The highest BCUT2D eigenvalue weighted by Gasteiger charge is 2.37. The van der Waals surface area contributed by atoms with E-state index in [0.717, 1.165) is 75.9 Å². The van der Waals surface area contributed by atoms with E-state index in [1.165, 1.54) is 4.90 Å². The van der Waals surface area contributed by atoms with Crippen molar-refractivity contribution in [3.8, 4) is 11.1 Å². The molecule has 0 fully saturated rings. The van der Waals surface area contributed by atoms with Gasteiger partial charge in [-0.3, -0.25) is 14.5 Å². The summed E-state index contributed by atoms with van der Waals surface area (Å²) < 4.78 is 6.01. The van der Waals surface area contributed by atoms with Gasteiger partial charge in [-0.05, 0) is 59.7 Å². The zero-order valence-electron chi connectivity index (χ0n) is 20.7. The van der Waals surface area contributed by atoms with E-state index in [1.807, 2.05) is 60.7 Å². The quantitative estimate of drug-likeness (QED) is 0.175. The third-order valence-electron chi connectivity index (χ3n) is 7.60. The van der Waals surface area contributed by atoms with Crippen LogP contribution in [-0.4, -0.2) is 22.8 Å². The highest BCUT2D eigenvalue weighted by molar-refractivity contribution is 6.27. The van der Waals surface area contributed by atoms with E-state index in [1.54, 1.807) is 0 Å². The van der Waals surface area contributed by atoms with Crippen LogP contribution < -0.4 is 0 Å². The van der Waals surface area contributed by atoms with E-state index in [0.29, 0.717) is 11.1 Å². The summed E-state index contributed by atoms with van der Waals surface area (Å²) in [5, 5.41) is 3.82. The van der Waals surface area contributed by atoms with Gasteiger partial charge in [-0.1, -0.05) is 75.6 Å². The molecule has 2 amide bonds. The fourth-order valence-corrected chi connectivity index (χ4v) is 5.74. The van der Waals surface area contributed by atoms with Crippen molar-refractivity contribution >= 4 is 44.5 Å². The van der Waals surface area contributed by atoms with Gasteiger partial charge in [0.15, 0.2) is 0 Å². The first-order valence-corrected chi connectivity index (χ1v) is 13.0. The molecule has 36 heavy (non-hydrogen) atoms. The fraction of sp³-hybridized carbons (Fsp3) is 0.250. The summed E-state index contributed by atoms with van der Waals surface area (Å²) in [6, 6.07) is 23.9. The number of hydrogen-bond donors (Lipinski definition) is 0. The average Bonchev–Trinajstić information content (AvgIpc) is 3.28. The number of amides is 2. The van der Waals surface area contributed by atoms with Crippen molar-refractivity contribution in [2.75, 3.05) is 0 Å². The first-order chi connectivity index (χ1) is 17.6. The lowest BCUT2D eigenvalue weighted by Crippen LogP contribution is -2.46. The van der Waals surface area contributed by atoms with Gasteiger partial charge in [0.1, 0.15) is 11.2 Å². The molecule has 180 valence electrons. The largest absolute Gasteiger partial charge is 0.456 e. The van der Waals surface area contributed by atoms with Gasteiger partial charge in [-0.2, -0.15) is 0 Å². The Kier molecular flexibility index (Phi) is 5.60. The van der Waals surface area contributed by atoms with Gasteiger partial charge in [-0.25, -0.2) is 0 Å². The van der Waals surface area contributed by atoms with E-state index in [9.17, 15) is 9.59 Å². The Morgan fingerprint density at radius 1 is 0.722 bits per heavy atom. The van der Waals surface area contributed by atoms with Gasteiger partial charge in [0.25, 0.3) is 11.8 Å². The fourth-order valence-electron chi connectivity index (χ4n) is 5.74. The molecule has 4 aromatic carbocycles. The van der Waals surface area contributed by atoms with Crippen molar-refractivity contribution in [1.82, 2.24) is 4.90 Å². The predicted octanol–water partition coefficient (Wildman–Crippen LogP) is 8.36. The second kappa shape index (κ2) is 8.94. The summed E-state index contributed by atoms with van der Waals surface area (Å²) in [6.07, 6.45) is 4.86. The number of fused-ring (bicyclic) bond motifs is 3. The second-order valence-electron chi connectivity index (χ2n) is 9.74. The minimum Gasteiger partial charge on any atom is -0.456 e. The molecular weight excluding hydrogens is 446 g/mol. The Balaban J connectivity index is 1.48. The summed E-state index contributed by atoms with van der Waals surface area (Å²) in [7, 11) is 0. The van der Waals surface area contributed by atoms with Crippen molar-refractivity contribution in [2.24, 2.45) is 0 Å². The van der Waals surface area contributed by atoms with E-state index in [2.05, 4.69) is 26.0 Å². The molecule has 0 aliphatic carbocycles. The molecule has 0 bridgehead atoms. The Morgan fingerprint density at radius 2 is 1.44 bits per heavy atom. The number of carbonyl (C=O) groups excluding carboxylic acids is 2. The van der Waals surface area contributed by atoms with Crippen molar-refractivity contribution in [2.45, 2.75) is 52.0 Å². The average molecular weight is 476 g/mol. The molecule has 1 aromatic heterocycles. The van der Waals surface area contributed by atoms with Crippen molar-refractivity contribution in [3.05, 3.63) is 83.9 Å². The Labute approximate surface area is 210 Å². The zero-order chi connectivity index (χ0) is 24.8. The molecule has 1 unspecified atom stereocenters. The summed E-state index contributed by atoms with van der Waals surface area (Å²) in [6.45, 7) is 4.23. The molecule has 5 aromatic rings. The molecule has 1 aliphatic heterocycles. The standard InChI is InChI=1S/C32H29NO3/c1-3-5-6-10-21(4-2)33-31(34)25-13-9-12-24-22(16-17-26(30(24)25)32(33)35)20-15-18-29-27(19-20)23-11-7-8-14-28(23)36-29/h7-9,11-19,21H,3-6,10H2,1-2H3. The van der Waals surface area contributed by atoms with Crippen LogP contribution in [0.3, 0.4) is 0 Å². The molecule has 0 saturated heterocycles. The first kappa shape index (κ1) is 22.5. The van der Waals surface area contributed by atoms with Crippen LogP contribution >= 0.6 is 0 Å². The minimum atomic E-state index is -0.171. The van der Waals surface area contributed by atoms with Crippen molar-refractivity contribution in [3.63, 3.8) is 0 Å². The Morgan fingerprint density at radius 3 is 2.25 bits per heavy atom. The SMILES string of the molecule is CCCCCC(CC)N1C(=O)c2cccc3c(-c4ccc5oc6ccccc6c5c4)ccc(c23)C1=O. The summed E-state index contributed by atoms with van der Waals surface area (Å²) in [5.41, 5.74) is 4.98. The number of furan rings is 1. The van der Waals surface area contributed by atoms with Crippen LogP contribution in [0.4, 0.5) is 0 Å².